The van der Waals surface area contributed by atoms with Crippen molar-refractivity contribution in [2.24, 2.45) is 0 Å². The third kappa shape index (κ3) is 7.80. The Balaban J connectivity index is 0.00000222. The first kappa shape index (κ1) is 28.8. The van der Waals surface area contributed by atoms with E-state index in [1.807, 2.05) is 27.7 Å². The largest absolute Gasteiger partial charge is 0.573 e. The number of amides is 1. The summed E-state index contributed by atoms with van der Waals surface area (Å²) in [7, 11) is 0. The zero-order valence-electron chi connectivity index (χ0n) is 21.5. The summed E-state index contributed by atoms with van der Waals surface area (Å²) >= 11 is 0. The van der Waals surface area contributed by atoms with E-state index in [1.165, 1.54) is 12.1 Å². The monoisotopic (exact) mass is 501 g/mol. The standard InChI is InChI=1S/C26H28F3N3O2.C2H6/c1-6-17(4)14-21-22(13-16(2)3)30-23(15-32-12-11-18(5)25(32)33)31-24(21)19-7-9-20(10-8-19)34-26(27,28)29;1-2/h7-10H,2,4-6,11-15H2,1,3H3;1-2H3. The Hall–Kier alpha value is -3.42. The number of nitrogens with zero attached hydrogens (tertiary/aromatic N) is 3. The van der Waals surface area contributed by atoms with Gasteiger partial charge in [0.1, 0.15) is 11.6 Å². The fourth-order valence-electron chi connectivity index (χ4n) is 3.72. The second-order valence-corrected chi connectivity index (χ2v) is 8.48. The van der Waals surface area contributed by atoms with Crippen molar-refractivity contribution in [2.45, 2.75) is 66.3 Å². The number of aromatic nitrogens is 2. The predicted molar refractivity (Wildman–Crippen MR) is 136 cm³/mol. The molecule has 1 aromatic carbocycles. The van der Waals surface area contributed by atoms with Crippen molar-refractivity contribution in [1.29, 1.82) is 0 Å². The zero-order valence-corrected chi connectivity index (χ0v) is 21.5. The highest BCUT2D eigenvalue weighted by molar-refractivity contribution is 5.94. The van der Waals surface area contributed by atoms with Crippen LogP contribution in [0.4, 0.5) is 13.2 Å². The molecule has 36 heavy (non-hydrogen) atoms. The predicted octanol–water partition coefficient (Wildman–Crippen LogP) is 6.98. The van der Waals surface area contributed by atoms with E-state index < -0.39 is 6.36 Å². The van der Waals surface area contributed by atoms with Gasteiger partial charge in [-0.3, -0.25) is 4.79 Å². The molecule has 2 heterocycles. The normalized spacial score (nSPS) is 13.4. The molecule has 8 heteroatoms. The molecule has 3 rings (SSSR count). The van der Waals surface area contributed by atoms with Gasteiger partial charge in [0.15, 0.2) is 0 Å². The number of benzene rings is 1. The van der Waals surface area contributed by atoms with Gasteiger partial charge in [-0.2, -0.15) is 0 Å². The molecular weight excluding hydrogens is 467 g/mol. The Morgan fingerprint density at radius 3 is 2.25 bits per heavy atom. The molecule has 0 radical (unpaired) electrons. The molecule has 1 aliphatic rings. The molecule has 1 fully saturated rings. The Kier molecular flexibility index (Phi) is 10.0. The van der Waals surface area contributed by atoms with Crippen molar-refractivity contribution >= 4 is 5.91 Å². The van der Waals surface area contributed by atoms with Crippen molar-refractivity contribution < 1.29 is 22.7 Å². The number of hydrogen-bond donors (Lipinski definition) is 0. The van der Waals surface area contributed by atoms with E-state index in [2.05, 4.69) is 24.5 Å². The minimum absolute atomic E-state index is 0.122. The molecule has 0 aliphatic carbocycles. The third-order valence-electron chi connectivity index (χ3n) is 5.50. The lowest BCUT2D eigenvalue weighted by atomic mass is 9.95. The highest BCUT2D eigenvalue weighted by Gasteiger charge is 2.31. The van der Waals surface area contributed by atoms with Crippen molar-refractivity contribution in [2.75, 3.05) is 6.54 Å². The summed E-state index contributed by atoms with van der Waals surface area (Å²) in [4.78, 5) is 23.5. The van der Waals surface area contributed by atoms with Crippen LogP contribution < -0.4 is 4.74 Å². The molecule has 1 amide bonds. The summed E-state index contributed by atoms with van der Waals surface area (Å²) in [5, 5.41) is 0. The van der Waals surface area contributed by atoms with Crippen LogP contribution in [0.3, 0.4) is 0 Å². The van der Waals surface area contributed by atoms with Crippen molar-refractivity contribution in [1.82, 2.24) is 14.9 Å². The summed E-state index contributed by atoms with van der Waals surface area (Å²) < 4.78 is 41.8. The SMILES string of the molecule is C=C(C)Cc1nc(CN2CCC(=C)C2=O)nc(-c2ccc(OC(F)(F)F)cc2)c1CC(=C)CC.CC. The number of ether oxygens (including phenoxy) is 1. The summed E-state index contributed by atoms with van der Waals surface area (Å²) in [6.45, 7) is 20.6. The van der Waals surface area contributed by atoms with E-state index in [0.717, 1.165) is 28.8 Å². The molecule has 0 N–H and O–H groups in total. The van der Waals surface area contributed by atoms with E-state index in [1.54, 1.807) is 17.0 Å². The van der Waals surface area contributed by atoms with Gasteiger partial charge in [-0.05, 0) is 50.5 Å². The maximum atomic E-state index is 12.6. The average molecular weight is 502 g/mol. The molecule has 5 nitrogen and oxygen atoms in total. The van der Waals surface area contributed by atoms with Crippen LogP contribution in [0, 0.1) is 0 Å². The smallest absolute Gasteiger partial charge is 0.406 e. The lowest BCUT2D eigenvalue weighted by Gasteiger charge is -2.20. The molecule has 2 aromatic rings. The van der Waals surface area contributed by atoms with Crippen LogP contribution in [0.2, 0.25) is 0 Å². The van der Waals surface area contributed by atoms with Crippen molar-refractivity contribution in [3.63, 3.8) is 0 Å². The molecule has 0 bridgehead atoms. The number of alkyl halides is 3. The van der Waals surface area contributed by atoms with Crippen LogP contribution in [0.15, 0.2) is 60.7 Å². The van der Waals surface area contributed by atoms with E-state index in [9.17, 15) is 18.0 Å². The van der Waals surface area contributed by atoms with Crippen molar-refractivity contribution in [3.8, 4) is 17.0 Å². The first-order valence-corrected chi connectivity index (χ1v) is 12.0. The van der Waals surface area contributed by atoms with Gasteiger partial charge in [0, 0.05) is 29.7 Å². The van der Waals surface area contributed by atoms with Crippen LogP contribution in [0.25, 0.3) is 11.3 Å². The van der Waals surface area contributed by atoms with E-state index in [0.29, 0.717) is 48.5 Å². The van der Waals surface area contributed by atoms with Crippen LogP contribution in [0.1, 0.15) is 57.6 Å². The first-order chi connectivity index (χ1) is 17.0. The number of carbonyl (C=O) groups is 1. The van der Waals surface area contributed by atoms with Gasteiger partial charge in [0.25, 0.3) is 0 Å². The molecular formula is C28H34F3N3O2. The van der Waals surface area contributed by atoms with Gasteiger partial charge in [0.2, 0.25) is 5.91 Å². The van der Waals surface area contributed by atoms with E-state index >= 15 is 0 Å². The summed E-state index contributed by atoms with van der Waals surface area (Å²) in [5.41, 5.74) is 5.26. The number of rotatable bonds is 9. The Labute approximate surface area is 211 Å². The zero-order chi connectivity index (χ0) is 27.0. The first-order valence-electron chi connectivity index (χ1n) is 12.0. The second kappa shape index (κ2) is 12.5. The summed E-state index contributed by atoms with van der Waals surface area (Å²) in [6, 6.07) is 5.60. The lowest BCUT2D eigenvalue weighted by Crippen LogP contribution is -2.26. The fourth-order valence-corrected chi connectivity index (χ4v) is 3.72. The van der Waals surface area contributed by atoms with Crippen LogP contribution in [0.5, 0.6) is 5.75 Å². The van der Waals surface area contributed by atoms with Gasteiger partial charge in [-0.15, -0.1) is 13.2 Å². The lowest BCUT2D eigenvalue weighted by molar-refractivity contribution is -0.274. The highest BCUT2D eigenvalue weighted by atomic mass is 19.4. The Morgan fingerprint density at radius 2 is 1.75 bits per heavy atom. The third-order valence-corrected chi connectivity index (χ3v) is 5.50. The van der Waals surface area contributed by atoms with Gasteiger partial charge >= 0.3 is 6.36 Å². The van der Waals surface area contributed by atoms with E-state index in [4.69, 9.17) is 9.97 Å². The Bertz CT molecular complexity index is 1120. The molecule has 1 saturated heterocycles. The summed E-state index contributed by atoms with van der Waals surface area (Å²) in [5.74, 6) is 0.0212. The molecule has 0 spiro atoms. The quantitative estimate of drug-likeness (QED) is 0.275. The number of hydrogen-bond acceptors (Lipinski definition) is 4. The van der Waals surface area contributed by atoms with Crippen LogP contribution in [-0.2, 0) is 24.2 Å². The maximum Gasteiger partial charge on any atom is 0.573 e. The number of carbonyl (C=O) groups excluding carboxylic acids is 1. The van der Waals surface area contributed by atoms with Crippen LogP contribution in [-0.4, -0.2) is 33.7 Å². The number of likely N-dealkylation sites (tertiary alicyclic amines) is 1. The number of halogens is 3. The van der Waals surface area contributed by atoms with Gasteiger partial charge in [-0.1, -0.05) is 51.7 Å². The molecule has 1 aliphatic heterocycles. The summed E-state index contributed by atoms with van der Waals surface area (Å²) in [6.07, 6.45) is -2.38. The minimum atomic E-state index is -4.77. The Morgan fingerprint density at radius 1 is 1.11 bits per heavy atom. The maximum absolute atomic E-state index is 12.6. The minimum Gasteiger partial charge on any atom is -0.406 e. The molecule has 1 aromatic heterocycles. The topological polar surface area (TPSA) is 55.3 Å². The van der Waals surface area contributed by atoms with E-state index in [-0.39, 0.29) is 18.2 Å². The average Bonchev–Trinajstić information content (AvgIpc) is 3.13. The van der Waals surface area contributed by atoms with Gasteiger partial charge in [-0.25, -0.2) is 9.97 Å². The molecule has 194 valence electrons. The number of allylic oxidation sites excluding steroid dienone is 2. The molecule has 0 saturated carbocycles. The second-order valence-electron chi connectivity index (χ2n) is 8.48. The van der Waals surface area contributed by atoms with Gasteiger partial charge < -0.3 is 9.64 Å². The highest BCUT2D eigenvalue weighted by Crippen LogP contribution is 2.31. The molecule has 0 atom stereocenters. The van der Waals surface area contributed by atoms with Crippen LogP contribution >= 0.6 is 0 Å². The molecule has 0 unspecified atom stereocenters. The van der Waals surface area contributed by atoms with Crippen molar-refractivity contribution in [3.05, 3.63) is 77.8 Å². The van der Waals surface area contributed by atoms with Gasteiger partial charge in [0.05, 0.1) is 17.9 Å². The fraction of sp³-hybridized carbons (Fsp3) is 0.393.